The van der Waals surface area contributed by atoms with Crippen LogP contribution in [-0.2, 0) is 11.3 Å². The molecule has 2 aliphatic rings. The Balaban J connectivity index is 0.00000261. The van der Waals surface area contributed by atoms with Crippen molar-refractivity contribution in [1.82, 2.24) is 10.2 Å². The number of carbonyl (C=O) groups excluding carboxylic acids is 1. The molecule has 1 aliphatic carbocycles. The maximum absolute atomic E-state index is 12.1. The average molecular weight is 484 g/mol. The standard InChI is InChI=1S/C21H32N4O.HI/c1-3-22-21(25-12-6-7-16(2)15-25)23-14-17-8-4-11-19(13-17)24-20(26)18-9-5-10-18;/h4,8,11,13,16,18H,3,5-7,9-10,12,14-15H2,1-2H3,(H,22,23)(H,24,26);1H. The van der Waals surface area contributed by atoms with Gasteiger partial charge in [0, 0.05) is 31.2 Å². The van der Waals surface area contributed by atoms with Gasteiger partial charge in [0.1, 0.15) is 0 Å². The van der Waals surface area contributed by atoms with Crippen molar-refractivity contribution in [3.05, 3.63) is 29.8 Å². The van der Waals surface area contributed by atoms with Gasteiger partial charge in [-0.3, -0.25) is 4.79 Å². The van der Waals surface area contributed by atoms with E-state index in [9.17, 15) is 4.79 Å². The van der Waals surface area contributed by atoms with Gasteiger partial charge in [-0.2, -0.15) is 0 Å². The van der Waals surface area contributed by atoms with E-state index in [1.807, 2.05) is 18.2 Å². The zero-order valence-electron chi connectivity index (χ0n) is 16.5. The second-order valence-electron chi connectivity index (χ2n) is 7.68. The largest absolute Gasteiger partial charge is 0.357 e. The number of anilines is 1. The Morgan fingerprint density at radius 1 is 1.26 bits per heavy atom. The number of hydrogen-bond donors (Lipinski definition) is 2. The van der Waals surface area contributed by atoms with Crippen molar-refractivity contribution in [2.24, 2.45) is 16.8 Å². The molecule has 1 aliphatic heterocycles. The van der Waals surface area contributed by atoms with Gasteiger partial charge >= 0.3 is 0 Å². The van der Waals surface area contributed by atoms with Crippen molar-refractivity contribution >= 4 is 41.5 Å². The predicted molar refractivity (Wildman–Crippen MR) is 123 cm³/mol. The summed E-state index contributed by atoms with van der Waals surface area (Å²) in [4.78, 5) is 19.4. The van der Waals surface area contributed by atoms with Gasteiger partial charge in [-0.15, -0.1) is 24.0 Å². The number of hydrogen-bond acceptors (Lipinski definition) is 2. The molecule has 1 aromatic rings. The van der Waals surface area contributed by atoms with Crippen LogP contribution in [0.1, 0.15) is 51.5 Å². The van der Waals surface area contributed by atoms with Crippen molar-refractivity contribution in [3.8, 4) is 0 Å². The fourth-order valence-electron chi connectivity index (χ4n) is 3.64. The van der Waals surface area contributed by atoms with Crippen LogP contribution in [0.3, 0.4) is 0 Å². The number of rotatable bonds is 5. The number of nitrogens with zero attached hydrogens (tertiary/aromatic N) is 2. The van der Waals surface area contributed by atoms with Crippen LogP contribution in [-0.4, -0.2) is 36.4 Å². The molecule has 1 heterocycles. The molecule has 1 aromatic carbocycles. The molecule has 0 bridgehead atoms. The van der Waals surface area contributed by atoms with Gasteiger partial charge in [-0.05, 0) is 56.2 Å². The Kier molecular flexibility index (Phi) is 8.86. The lowest BCUT2D eigenvalue weighted by Gasteiger charge is -2.33. The maximum atomic E-state index is 12.1. The second kappa shape index (κ2) is 10.9. The Morgan fingerprint density at radius 2 is 2.07 bits per heavy atom. The molecule has 6 heteroatoms. The van der Waals surface area contributed by atoms with E-state index in [4.69, 9.17) is 4.99 Å². The number of piperidine rings is 1. The third-order valence-electron chi connectivity index (χ3n) is 5.37. The van der Waals surface area contributed by atoms with E-state index in [1.54, 1.807) is 0 Å². The highest BCUT2D eigenvalue weighted by Crippen LogP contribution is 2.27. The molecule has 1 saturated carbocycles. The van der Waals surface area contributed by atoms with E-state index in [0.29, 0.717) is 6.54 Å². The SMILES string of the molecule is CCNC(=NCc1cccc(NC(=O)C2CCC2)c1)N1CCCC(C)C1.I. The van der Waals surface area contributed by atoms with Crippen LogP contribution in [0.25, 0.3) is 0 Å². The molecule has 2 N–H and O–H groups in total. The van der Waals surface area contributed by atoms with Crippen molar-refractivity contribution in [2.75, 3.05) is 25.0 Å². The first-order chi connectivity index (χ1) is 12.7. The lowest BCUT2D eigenvalue weighted by atomic mass is 9.85. The Morgan fingerprint density at radius 3 is 2.74 bits per heavy atom. The summed E-state index contributed by atoms with van der Waals surface area (Å²) in [6.45, 7) is 8.07. The summed E-state index contributed by atoms with van der Waals surface area (Å²) in [5.41, 5.74) is 2.00. The van der Waals surface area contributed by atoms with Gasteiger partial charge in [-0.25, -0.2) is 4.99 Å². The smallest absolute Gasteiger partial charge is 0.227 e. The first-order valence-electron chi connectivity index (χ1n) is 10.1. The minimum absolute atomic E-state index is 0. The Bertz CT molecular complexity index is 645. The molecule has 5 nitrogen and oxygen atoms in total. The van der Waals surface area contributed by atoms with E-state index >= 15 is 0 Å². The maximum Gasteiger partial charge on any atom is 0.227 e. The van der Waals surface area contributed by atoms with Gasteiger partial charge in [0.25, 0.3) is 0 Å². The summed E-state index contributed by atoms with van der Waals surface area (Å²) in [7, 11) is 0. The molecule has 27 heavy (non-hydrogen) atoms. The molecule has 1 saturated heterocycles. The molecule has 1 amide bonds. The zero-order valence-corrected chi connectivity index (χ0v) is 18.9. The molecule has 3 rings (SSSR count). The topological polar surface area (TPSA) is 56.7 Å². The van der Waals surface area contributed by atoms with Crippen LogP contribution >= 0.6 is 24.0 Å². The summed E-state index contributed by atoms with van der Waals surface area (Å²) in [6.07, 6.45) is 5.76. The van der Waals surface area contributed by atoms with Crippen molar-refractivity contribution in [2.45, 2.75) is 52.5 Å². The second-order valence-corrected chi connectivity index (χ2v) is 7.68. The number of guanidine groups is 1. The van der Waals surface area contributed by atoms with Gasteiger partial charge in [-0.1, -0.05) is 25.5 Å². The fourth-order valence-corrected chi connectivity index (χ4v) is 3.64. The molecule has 1 unspecified atom stereocenters. The third kappa shape index (κ3) is 6.36. The van der Waals surface area contributed by atoms with E-state index in [-0.39, 0.29) is 35.8 Å². The summed E-state index contributed by atoms with van der Waals surface area (Å²) in [6, 6.07) is 8.08. The minimum atomic E-state index is 0. The highest BCUT2D eigenvalue weighted by molar-refractivity contribution is 14.0. The van der Waals surface area contributed by atoms with Gasteiger partial charge < -0.3 is 15.5 Å². The number of likely N-dealkylation sites (tertiary alicyclic amines) is 1. The monoisotopic (exact) mass is 484 g/mol. The molecule has 1 atom stereocenters. The van der Waals surface area contributed by atoms with E-state index < -0.39 is 0 Å². The van der Waals surface area contributed by atoms with Crippen LogP contribution in [0.2, 0.25) is 0 Å². The Hall–Kier alpha value is -1.31. The van der Waals surface area contributed by atoms with Crippen LogP contribution in [0.4, 0.5) is 5.69 Å². The molecule has 0 radical (unpaired) electrons. The lowest BCUT2D eigenvalue weighted by molar-refractivity contribution is -0.122. The molecule has 0 aromatic heterocycles. The van der Waals surface area contributed by atoms with Crippen molar-refractivity contribution in [3.63, 3.8) is 0 Å². The number of amides is 1. The first-order valence-corrected chi connectivity index (χ1v) is 10.1. The van der Waals surface area contributed by atoms with Crippen LogP contribution in [0.15, 0.2) is 29.3 Å². The molecule has 0 spiro atoms. The molecular formula is C21H33IN4O. The predicted octanol–water partition coefficient (Wildman–Crippen LogP) is 4.24. The zero-order chi connectivity index (χ0) is 18.4. The molecule has 150 valence electrons. The van der Waals surface area contributed by atoms with Gasteiger partial charge in [0.15, 0.2) is 5.96 Å². The fraction of sp³-hybridized carbons (Fsp3) is 0.619. The summed E-state index contributed by atoms with van der Waals surface area (Å²) in [5, 5.41) is 6.48. The highest BCUT2D eigenvalue weighted by Gasteiger charge is 2.25. The van der Waals surface area contributed by atoms with Gasteiger partial charge in [0.2, 0.25) is 5.91 Å². The average Bonchev–Trinajstić information content (AvgIpc) is 2.57. The first kappa shape index (κ1) is 22.0. The number of halogens is 1. The highest BCUT2D eigenvalue weighted by atomic mass is 127. The summed E-state index contributed by atoms with van der Waals surface area (Å²) >= 11 is 0. The normalized spacial score (nSPS) is 20.4. The van der Waals surface area contributed by atoms with Crippen LogP contribution in [0, 0.1) is 11.8 Å². The summed E-state index contributed by atoms with van der Waals surface area (Å²) in [5.74, 6) is 2.09. The van der Waals surface area contributed by atoms with E-state index in [0.717, 1.165) is 55.6 Å². The van der Waals surface area contributed by atoms with E-state index in [2.05, 4.69) is 35.4 Å². The van der Waals surface area contributed by atoms with Crippen molar-refractivity contribution < 1.29 is 4.79 Å². The third-order valence-corrected chi connectivity index (χ3v) is 5.37. The van der Waals surface area contributed by atoms with Crippen molar-refractivity contribution in [1.29, 1.82) is 0 Å². The summed E-state index contributed by atoms with van der Waals surface area (Å²) < 4.78 is 0. The number of carbonyl (C=O) groups is 1. The van der Waals surface area contributed by atoms with Gasteiger partial charge in [0.05, 0.1) is 6.54 Å². The number of nitrogens with one attached hydrogen (secondary N) is 2. The number of benzene rings is 1. The van der Waals surface area contributed by atoms with E-state index in [1.165, 1.54) is 19.3 Å². The van der Waals surface area contributed by atoms with Crippen LogP contribution in [0.5, 0.6) is 0 Å². The van der Waals surface area contributed by atoms with Crippen LogP contribution < -0.4 is 10.6 Å². The molecular weight excluding hydrogens is 451 g/mol. The molecule has 2 fully saturated rings. The Labute approximate surface area is 180 Å². The number of aliphatic imine (C=N–C) groups is 1. The quantitative estimate of drug-likeness (QED) is 0.374. The lowest BCUT2D eigenvalue weighted by Crippen LogP contribution is -2.46. The minimum Gasteiger partial charge on any atom is -0.357 e.